The molecule has 1 unspecified atom stereocenters. The minimum absolute atomic E-state index is 0.292. The number of carbonyl (C=O) groups is 1. The molecule has 0 spiro atoms. The molecular weight excluding hydrogens is 345 g/mol. The number of para-hydroxylation sites is 1. The van der Waals surface area contributed by atoms with Gasteiger partial charge in [0.2, 0.25) is 0 Å². The molecule has 0 aliphatic heterocycles. The van der Waals surface area contributed by atoms with Crippen LogP contribution >= 0.6 is 23.2 Å². The predicted molar refractivity (Wildman–Crippen MR) is 88.1 cm³/mol. The molecule has 0 fully saturated rings. The van der Waals surface area contributed by atoms with Crippen LogP contribution in [0.5, 0.6) is 0 Å². The Morgan fingerprint density at radius 3 is 2.26 bits per heavy atom. The van der Waals surface area contributed by atoms with Gasteiger partial charge in [0.25, 0.3) is 0 Å². The van der Waals surface area contributed by atoms with E-state index in [9.17, 15) is 13.6 Å². The van der Waals surface area contributed by atoms with Gasteiger partial charge in [0.05, 0.1) is 0 Å². The van der Waals surface area contributed by atoms with Crippen LogP contribution in [-0.2, 0) is 6.42 Å². The molecule has 0 radical (unpaired) electrons. The second kappa shape index (κ2) is 7.62. The van der Waals surface area contributed by atoms with Crippen molar-refractivity contribution in [3.63, 3.8) is 0 Å². The number of carbonyl (C=O) groups excluding carboxylic acids is 1. The summed E-state index contributed by atoms with van der Waals surface area (Å²) in [4.78, 5) is 11.8. The van der Waals surface area contributed by atoms with Crippen molar-refractivity contribution in [1.82, 2.24) is 5.32 Å². The molecule has 0 heterocycles. The third kappa shape index (κ3) is 5.08. The van der Waals surface area contributed by atoms with Gasteiger partial charge < -0.3 is 10.6 Å². The smallest absolute Gasteiger partial charge is 0.319 e. The van der Waals surface area contributed by atoms with Gasteiger partial charge in [0, 0.05) is 16.1 Å². The Kier molecular flexibility index (Phi) is 5.80. The predicted octanol–water partition coefficient (Wildman–Crippen LogP) is 5.02. The summed E-state index contributed by atoms with van der Waals surface area (Å²) in [5, 5.41) is 5.76. The Hall–Kier alpha value is -1.85. The van der Waals surface area contributed by atoms with Crippen LogP contribution in [-0.4, -0.2) is 12.1 Å². The quantitative estimate of drug-likeness (QED) is 0.790. The summed E-state index contributed by atoms with van der Waals surface area (Å²) in [6.45, 7) is 1.76. The molecule has 0 bridgehead atoms. The fourth-order valence-electron chi connectivity index (χ4n) is 2.12. The number of nitrogens with one attached hydrogen (secondary N) is 2. The van der Waals surface area contributed by atoms with Crippen LogP contribution in [0.2, 0.25) is 10.0 Å². The molecule has 122 valence electrons. The average molecular weight is 359 g/mol. The number of hydrogen-bond donors (Lipinski definition) is 2. The summed E-state index contributed by atoms with van der Waals surface area (Å²) in [6.07, 6.45) is 0.466. The average Bonchev–Trinajstić information content (AvgIpc) is 2.41. The van der Waals surface area contributed by atoms with E-state index in [1.165, 1.54) is 6.07 Å². The van der Waals surface area contributed by atoms with Gasteiger partial charge in [0.15, 0.2) is 0 Å². The number of amides is 2. The normalized spacial score (nSPS) is 11.9. The lowest BCUT2D eigenvalue weighted by Gasteiger charge is -2.15. The Bertz CT molecular complexity index is 685. The zero-order chi connectivity index (χ0) is 17.0. The number of benzene rings is 2. The molecule has 7 heteroatoms. The van der Waals surface area contributed by atoms with Crippen LogP contribution in [0.4, 0.5) is 19.3 Å². The highest BCUT2D eigenvalue weighted by molar-refractivity contribution is 6.34. The SMILES string of the molecule is CC(Cc1cc(Cl)cc(Cl)c1)NC(=O)Nc1c(F)cccc1F. The van der Waals surface area contributed by atoms with Crippen LogP contribution in [0.1, 0.15) is 12.5 Å². The second-order valence-corrected chi connectivity index (χ2v) is 5.95. The van der Waals surface area contributed by atoms with Crippen molar-refractivity contribution in [2.45, 2.75) is 19.4 Å². The lowest BCUT2D eigenvalue weighted by atomic mass is 10.1. The van der Waals surface area contributed by atoms with Crippen LogP contribution in [0.15, 0.2) is 36.4 Å². The molecule has 0 aliphatic carbocycles. The summed E-state index contributed by atoms with van der Waals surface area (Å²) in [7, 11) is 0. The highest BCUT2D eigenvalue weighted by Crippen LogP contribution is 2.20. The lowest BCUT2D eigenvalue weighted by molar-refractivity contribution is 0.249. The van der Waals surface area contributed by atoms with Gasteiger partial charge in [-0.3, -0.25) is 0 Å². The standard InChI is InChI=1S/C16H14Cl2F2N2O/c1-9(5-10-6-11(17)8-12(18)7-10)21-16(23)22-15-13(19)3-2-4-14(15)20/h2-4,6-9H,5H2,1H3,(H2,21,22,23). The Morgan fingerprint density at radius 2 is 1.70 bits per heavy atom. The Balaban J connectivity index is 1.97. The highest BCUT2D eigenvalue weighted by atomic mass is 35.5. The fraction of sp³-hybridized carbons (Fsp3) is 0.188. The maximum absolute atomic E-state index is 13.5. The minimum Gasteiger partial charge on any atom is -0.335 e. The van der Waals surface area contributed by atoms with Gasteiger partial charge in [-0.2, -0.15) is 0 Å². The van der Waals surface area contributed by atoms with E-state index < -0.39 is 23.4 Å². The third-order valence-corrected chi connectivity index (χ3v) is 3.48. The molecule has 2 rings (SSSR count). The summed E-state index contributed by atoms with van der Waals surface area (Å²) in [5.74, 6) is -1.68. The maximum atomic E-state index is 13.5. The Morgan fingerprint density at radius 1 is 1.13 bits per heavy atom. The summed E-state index contributed by atoms with van der Waals surface area (Å²) < 4.78 is 26.9. The van der Waals surface area contributed by atoms with Crippen molar-refractivity contribution in [2.75, 3.05) is 5.32 Å². The topological polar surface area (TPSA) is 41.1 Å². The van der Waals surface area contributed by atoms with Crippen molar-refractivity contribution in [3.05, 3.63) is 63.6 Å². The van der Waals surface area contributed by atoms with Gasteiger partial charge in [-0.05, 0) is 49.2 Å². The van der Waals surface area contributed by atoms with Crippen molar-refractivity contribution in [1.29, 1.82) is 0 Å². The fourth-order valence-corrected chi connectivity index (χ4v) is 2.70. The molecule has 3 nitrogen and oxygen atoms in total. The van der Waals surface area contributed by atoms with Gasteiger partial charge >= 0.3 is 6.03 Å². The van der Waals surface area contributed by atoms with E-state index in [0.29, 0.717) is 16.5 Å². The Labute approximate surface area is 142 Å². The van der Waals surface area contributed by atoms with Crippen LogP contribution in [0.3, 0.4) is 0 Å². The third-order valence-electron chi connectivity index (χ3n) is 3.04. The summed E-state index contributed by atoms with van der Waals surface area (Å²) >= 11 is 11.8. The lowest BCUT2D eigenvalue weighted by Crippen LogP contribution is -2.37. The largest absolute Gasteiger partial charge is 0.335 e. The molecule has 1 atom stereocenters. The first-order chi connectivity index (χ1) is 10.8. The molecule has 2 aromatic carbocycles. The summed E-state index contributed by atoms with van der Waals surface area (Å²) in [6, 6.07) is 7.44. The number of urea groups is 1. The molecule has 23 heavy (non-hydrogen) atoms. The van der Waals surface area contributed by atoms with E-state index in [0.717, 1.165) is 17.7 Å². The van der Waals surface area contributed by atoms with Crippen molar-refractivity contribution in [3.8, 4) is 0 Å². The van der Waals surface area contributed by atoms with Crippen molar-refractivity contribution >= 4 is 34.9 Å². The minimum atomic E-state index is -0.838. The van der Waals surface area contributed by atoms with E-state index in [1.54, 1.807) is 25.1 Å². The van der Waals surface area contributed by atoms with Crippen LogP contribution < -0.4 is 10.6 Å². The zero-order valence-corrected chi connectivity index (χ0v) is 13.7. The molecule has 0 aliphatic rings. The molecule has 2 N–H and O–H groups in total. The van der Waals surface area contributed by atoms with Crippen molar-refractivity contribution in [2.24, 2.45) is 0 Å². The van der Waals surface area contributed by atoms with E-state index >= 15 is 0 Å². The van der Waals surface area contributed by atoms with Gasteiger partial charge in [0.1, 0.15) is 17.3 Å². The first-order valence-electron chi connectivity index (χ1n) is 6.81. The number of hydrogen-bond acceptors (Lipinski definition) is 1. The van der Waals surface area contributed by atoms with E-state index in [2.05, 4.69) is 10.6 Å². The molecule has 0 saturated heterocycles. The van der Waals surface area contributed by atoms with Gasteiger partial charge in [-0.1, -0.05) is 29.3 Å². The first-order valence-corrected chi connectivity index (χ1v) is 7.57. The number of rotatable bonds is 4. The molecule has 0 saturated carbocycles. The van der Waals surface area contributed by atoms with Gasteiger partial charge in [-0.15, -0.1) is 0 Å². The van der Waals surface area contributed by atoms with Crippen LogP contribution in [0, 0.1) is 11.6 Å². The first kappa shape index (κ1) is 17.5. The monoisotopic (exact) mass is 358 g/mol. The second-order valence-electron chi connectivity index (χ2n) is 5.08. The highest BCUT2D eigenvalue weighted by Gasteiger charge is 2.14. The maximum Gasteiger partial charge on any atom is 0.319 e. The van der Waals surface area contributed by atoms with Crippen molar-refractivity contribution < 1.29 is 13.6 Å². The van der Waals surface area contributed by atoms with Crippen LogP contribution in [0.25, 0.3) is 0 Å². The molecule has 2 amide bonds. The van der Waals surface area contributed by atoms with E-state index in [1.807, 2.05) is 0 Å². The zero-order valence-electron chi connectivity index (χ0n) is 12.2. The van der Waals surface area contributed by atoms with E-state index in [4.69, 9.17) is 23.2 Å². The molecule has 0 aromatic heterocycles. The molecule has 2 aromatic rings. The summed E-state index contributed by atoms with van der Waals surface area (Å²) in [5.41, 5.74) is 0.357. The number of halogens is 4. The van der Waals surface area contributed by atoms with Gasteiger partial charge in [-0.25, -0.2) is 13.6 Å². The number of anilines is 1. The van der Waals surface area contributed by atoms with E-state index in [-0.39, 0.29) is 6.04 Å². The molecular formula is C16H14Cl2F2N2O.